The monoisotopic (exact) mass is 277 g/mol. The lowest BCUT2D eigenvalue weighted by Gasteiger charge is -2.06. The first-order valence-electron chi connectivity index (χ1n) is 6.04. The van der Waals surface area contributed by atoms with E-state index in [1.165, 1.54) is 0 Å². The Morgan fingerprint density at radius 2 is 2.21 bits per heavy atom. The zero-order valence-corrected chi connectivity index (χ0v) is 11.4. The van der Waals surface area contributed by atoms with Gasteiger partial charge < -0.3 is 5.32 Å². The molecule has 2 aromatic heterocycles. The number of pyridine rings is 1. The Bertz CT molecular complexity index is 604. The molecule has 2 aromatic rings. The van der Waals surface area contributed by atoms with Crippen molar-refractivity contribution < 1.29 is 4.79 Å². The molecule has 7 heteroatoms. The lowest BCUT2D eigenvalue weighted by molar-refractivity contribution is -0.121. The zero-order valence-electron chi connectivity index (χ0n) is 10.6. The van der Waals surface area contributed by atoms with Crippen LogP contribution >= 0.6 is 12.2 Å². The van der Waals surface area contributed by atoms with Crippen LogP contribution in [0.25, 0.3) is 11.4 Å². The summed E-state index contributed by atoms with van der Waals surface area (Å²) in [5.74, 6) is 0.725. The van der Waals surface area contributed by atoms with Gasteiger partial charge in [-0.05, 0) is 31.3 Å². The molecule has 2 N–H and O–H groups in total. The van der Waals surface area contributed by atoms with E-state index in [0.717, 1.165) is 11.4 Å². The van der Waals surface area contributed by atoms with Gasteiger partial charge in [0.15, 0.2) is 10.6 Å². The Morgan fingerprint density at radius 3 is 2.89 bits per heavy atom. The molecule has 0 fully saturated rings. The van der Waals surface area contributed by atoms with Gasteiger partial charge in [0.25, 0.3) is 0 Å². The molecule has 0 spiro atoms. The summed E-state index contributed by atoms with van der Waals surface area (Å²) < 4.78 is 2.33. The number of aromatic amines is 1. The highest BCUT2D eigenvalue weighted by molar-refractivity contribution is 7.71. The number of hydrogen-bond donors (Lipinski definition) is 2. The lowest BCUT2D eigenvalue weighted by Crippen LogP contribution is -2.23. The van der Waals surface area contributed by atoms with Crippen LogP contribution in [-0.2, 0) is 11.3 Å². The van der Waals surface area contributed by atoms with Crippen molar-refractivity contribution in [1.82, 2.24) is 25.1 Å². The summed E-state index contributed by atoms with van der Waals surface area (Å²) in [6.45, 7) is 3.02. The predicted octanol–water partition coefficient (Wildman–Crippen LogP) is 1.53. The third-order valence-corrected chi connectivity index (χ3v) is 2.94. The number of hydrogen-bond acceptors (Lipinski definition) is 4. The first kappa shape index (κ1) is 13.4. The maximum atomic E-state index is 11.5. The maximum absolute atomic E-state index is 11.5. The molecule has 0 saturated heterocycles. The van der Waals surface area contributed by atoms with E-state index in [1.54, 1.807) is 12.4 Å². The van der Waals surface area contributed by atoms with Gasteiger partial charge in [-0.2, -0.15) is 5.10 Å². The van der Waals surface area contributed by atoms with Crippen LogP contribution in [-0.4, -0.2) is 32.2 Å². The Morgan fingerprint density at radius 1 is 1.47 bits per heavy atom. The van der Waals surface area contributed by atoms with E-state index in [1.807, 2.05) is 23.6 Å². The van der Waals surface area contributed by atoms with Gasteiger partial charge >= 0.3 is 0 Å². The third-order valence-electron chi connectivity index (χ3n) is 2.63. The minimum Gasteiger partial charge on any atom is -0.356 e. The van der Waals surface area contributed by atoms with Crippen molar-refractivity contribution in [2.45, 2.75) is 19.9 Å². The van der Waals surface area contributed by atoms with Crippen molar-refractivity contribution >= 4 is 18.1 Å². The molecule has 0 atom stereocenters. The Labute approximate surface area is 115 Å². The highest BCUT2D eigenvalue weighted by atomic mass is 32.1. The Kier molecular flexibility index (Phi) is 4.40. The molecule has 0 aliphatic carbocycles. The van der Waals surface area contributed by atoms with Gasteiger partial charge in [-0.1, -0.05) is 0 Å². The molecule has 0 aliphatic rings. The quantitative estimate of drug-likeness (QED) is 0.813. The molecule has 0 aromatic carbocycles. The SMILES string of the molecule is CCNC(=O)CCn1c(-c2ccncc2)n[nH]c1=S. The number of amides is 1. The minimum absolute atomic E-state index is 0.00581. The summed E-state index contributed by atoms with van der Waals surface area (Å²) in [4.78, 5) is 15.5. The van der Waals surface area contributed by atoms with Gasteiger partial charge in [0.2, 0.25) is 5.91 Å². The molecule has 100 valence electrons. The normalized spacial score (nSPS) is 10.4. The predicted molar refractivity (Wildman–Crippen MR) is 73.9 cm³/mol. The van der Waals surface area contributed by atoms with Gasteiger partial charge in [-0.15, -0.1) is 0 Å². The highest BCUT2D eigenvalue weighted by Gasteiger charge is 2.09. The average Bonchev–Trinajstić information content (AvgIpc) is 2.79. The van der Waals surface area contributed by atoms with Gasteiger partial charge in [-0.3, -0.25) is 19.4 Å². The number of carbonyl (C=O) groups is 1. The lowest BCUT2D eigenvalue weighted by atomic mass is 10.2. The van der Waals surface area contributed by atoms with Crippen LogP contribution in [0.15, 0.2) is 24.5 Å². The van der Waals surface area contributed by atoms with Crippen molar-refractivity contribution in [3.8, 4) is 11.4 Å². The van der Waals surface area contributed by atoms with Gasteiger partial charge in [0.1, 0.15) is 0 Å². The molecule has 0 unspecified atom stereocenters. The third kappa shape index (κ3) is 3.25. The van der Waals surface area contributed by atoms with Gasteiger partial charge in [0.05, 0.1) is 0 Å². The van der Waals surface area contributed by atoms with E-state index in [0.29, 0.717) is 24.3 Å². The molecule has 0 radical (unpaired) electrons. The van der Waals surface area contributed by atoms with Crippen molar-refractivity contribution in [1.29, 1.82) is 0 Å². The topological polar surface area (TPSA) is 75.6 Å². The largest absolute Gasteiger partial charge is 0.356 e. The molecule has 6 nitrogen and oxygen atoms in total. The molecular weight excluding hydrogens is 262 g/mol. The van der Waals surface area contributed by atoms with Crippen molar-refractivity contribution in [3.05, 3.63) is 29.3 Å². The fourth-order valence-corrected chi connectivity index (χ4v) is 1.97. The summed E-state index contributed by atoms with van der Waals surface area (Å²) in [5, 5.41) is 9.71. The van der Waals surface area contributed by atoms with E-state index in [4.69, 9.17) is 12.2 Å². The summed E-state index contributed by atoms with van der Waals surface area (Å²) in [5.41, 5.74) is 0.915. The molecule has 0 bridgehead atoms. The second kappa shape index (κ2) is 6.24. The summed E-state index contributed by atoms with van der Waals surface area (Å²) >= 11 is 5.19. The Balaban J connectivity index is 2.19. The van der Waals surface area contributed by atoms with Crippen LogP contribution in [0.1, 0.15) is 13.3 Å². The second-order valence-corrected chi connectivity index (χ2v) is 4.33. The number of nitrogens with one attached hydrogen (secondary N) is 2. The Hall–Kier alpha value is -2.02. The van der Waals surface area contributed by atoms with Crippen molar-refractivity contribution in [2.24, 2.45) is 0 Å². The molecule has 2 heterocycles. The van der Waals surface area contributed by atoms with Crippen LogP contribution in [0, 0.1) is 4.77 Å². The summed E-state index contributed by atoms with van der Waals surface area (Å²) in [7, 11) is 0. The van der Waals surface area contributed by atoms with E-state index in [-0.39, 0.29) is 5.91 Å². The van der Waals surface area contributed by atoms with Crippen molar-refractivity contribution in [2.75, 3.05) is 6.54 Å². The van der Waals surface area contributed by atoms with Crippen LogP contribution in [0.2, 0.25) is 0 Å². The van der Waals surface area contributed by atoms with Crippen LogP contribution < -0.4 is 5.32 Å². The van der Waals surface area contributed by atoms with E-state index in [9.17, 15) is 4.79 Å². The highest BCUT2D eigenvalue weighted by Crippen LogP contribution is 2.16. The fraction of sp³-hybridized carbons (Fsp3) is 0.333. The van der Waals surface area contributed by atoms with Gasteiger partial charge in [-0.25, -0.2) is 0 Å². The number of aromatic nitrogens is 4. The number of carbonyl (C=O) groups excluding carboxylic acids is 1. The average molecular weight is 277 g/mol. The number of rotatable bonds is 5. The number of nitrogens with zero attached hydrogens (tertiary/aromatic N) is 3. The smallest absolute Gasteiger partial charge is 0.221 e. The minimum atomic E-state index is 0.00581. The molecule has 19 heavy (non-hydrogen) atoms. The van der Waals surface area contributed by atoms with Crippen LogP contribution in [0.3, 0.4) is 0 Å². The maximum Gasteiger partial charge on any atom is 0.221 e. The second-order valence-electron chi connectivity index (χ2n) is 3.94. The van der Waals surface area contributed by atoms with E-state index < -0.39 is 0 Å². The van der Waals surface area contributed by atoms with E-state index in [2.05, 4.69) is 20.5 Å². The molecule has 2 rings (SSSR count). The van der Waals surface area contributed by atoms with E-state index >= 15 is 0 Å². The first-order chi connectivity index (χ1) is 9.22. The number of H-pyrrole nitrogens is 1. The van der Waals surface area contributed by atoms with Crippen LogP contribution in [0.4, 0.5) is 0 Å². The summed E-state index contributed by atoms with van der Waals surface area (Å²) in [6, 6.07) is 3.71. The molecular formula is C12H15N5OS. The van der Waals surface area contributed by atoms with Crippen molar-refractivity contribution in [3.63, 3.8) is 0 Å². The zero-order chi connectivity index (χ0) is 13.7. The standard InChI is InChI=1S/C12H15N5OS/c1-2-14-10(18)5-8-17-11(15-16-12(17)19)9-3-6-13-7-4-9/h3-4,6-7H,2,5,8H2,1H3,(H,14,18)(H,16,19). The summed E-state index contributed by atoms with van der Waals surface area (Å²) in [6.07, 6.45) is 3.77. The fourth-order valence-electron chi connectivity index (χ4n) is 1.75. The molecule has 0 aliphatic heterocycles. The molecule has 0 saturated carbocycles. The molecule has 1 amide bonds. The van der Waals surface area contributed by atoms with Gasteiger partial charge in [0, 0.05) is 37.5 Å². The van der Waals surface area contributed by atoms with Crippen LogP contribution in [0.5, 0.6) is 0 Å². The first-order valence-corrected chi connectivity index (χ1v) is 6.45.